The molecule has 0 aliphatic heterocycles. The third-order valence-electron chi connectivity index (χ3n) is 3.04. The molecule has 1 aromatic carbocycles. The maximum atomic E-state index is 12.5. The molecule has 1 unspecified atom stereocenters. The van der Waals surface area contributed by atoms with Crippen molar-refractivity contribution in [3.63, 3.8) is 0 Å². The minimum Gasteiger partial charge on any atom is -0.361 e. The Morgan fingerprint density at radius 2 is 1.95 bits per heavy atom. The van der Waals surface area contributed by atoms with Gasteiger partial charge in [-0.25, -0.2) is 13.1 Å². The molecule has 0 spiro atoms. The molecule has 2 rings (SSSR count). The number of hydrogen-bond donors (Lipinski definition) is 1. The minimum atomic E-state index is -3.65. The number of nitrogens with zero attached hydrogens (tertiary/aromatic N) is 1. The van der Waals surface area contributed by atoms with Crippen molar-refractivity contribution < 1.29 is 12.9 Å². The Bertz CT molecular complexity index is 752. The molecule has 21 heavy (non-hydrogen) atoms. The summed E-state index contributed by atoms with van der Waals surface area (Å²) in [4.78, 5) is 0.185. The van der Waals surface area contributed by atoms with E-state index in [4.69, 9.17) is 4.52 Å². The Morgan fingerprint density at radius 1 is 1.29 bits per heavy atom. The third-order valence-corrected chi connectivity index (χ3v) is 6.05. The van der Waals surface area contributed by atoms with Crippen LogP contribution < -0.4 is 4.72 Å². The molecule has 0 aliphatic carbocycles. The Labute approximate surface area is 140 Å². The number of benzene rings is 1. The topological polar surface area (TPSA) is 72.2 Å². The molecule has 0 aliphatic rings. The van der Waals surface area contributed by atoms with Gasteiger partial charge in [0.05, 0.1) is 10.6 Å². The van der Waals surface area contributed by atoms with Gasteiger partial charge < -0.3 is 4.52 Å². The van der Waals surface area contributed by atoms with E-state index in [-0.39, 0.29) is 4.90 Å². The third kappa shape index (κ3) is 3.56. The van der Waals surface area contributed by atoms with E-state index in [9.17, 15) is 8.42 Å². The van der Waals surface area contributed by atoms with Crippen LogP contribution in [0, 0.1) is 13.8 Å². The van der Waals surface area contributed by atoms with Crippen LogP contribution in [0.1, 0.15) is 30.0 Å². The highest BCUT2D eigenvalue weighted by Gasteiger charge is 2.24. The lowest BCUT2D eigenvalue weighted by Gasteiger charge is -2.15. The molecule has 1 aromatic heterocycles. The molecule has 0 radical (unpaired) electrons. The van der Waals surface area contributed by atoms with Crippen molar-refractivity contribution in [2.45, 2.75) is 31.7 Å². The number of aryl methyl sites for hydroxylation is 2. The number of aromatic nitrogens is 1. The van der Waals surface area contributed by atoms with Crippen LogP contribution >= 0.6 is 31.9 Å². The summed E-state index contributed by atoms with van der Waals surface area (Å²) in [6.07, 6.45) is 0. The maximum absolute atomic E-state index is 12.5. The first-order chi connectivity index (χ1) is 9.72. The molecule has 8 heteroatoms. The number of rotatable bonds is 4. The Hall–Kier alpha value is -0.700. The highest BCUT2D eigenvalue weighted by Crippen LogP contribution is 2.28. The van der Waals surface area contributed by atoms with Crippen LogP contribution in [0.3, 0.4) is 0 Å². The average molecular weight is 438 g/mol. The molecule has 1 heterocycles. The van der Waals surface area contributed by atoms with Gasteiger partial charge in [-0.15, -0.1) is 0 Å². The van der Waals surface area contributed by atoms with Crippen LogP contribution in [0.4, 0.5) is 0 Å². The van der Waals surface area contributed by atoms with Crippen molar-refractivity contribution in [2.75, 3.05) is 0 Å². The lowest BCUT2D eigenvalue weighted by molar-refractivity contribution is 0.391. The molecule has 0 bridgehead atoms. The fourth-order valence-electron chi connectivity index (χ4n) is 2.16. The molecule has 0 fully saturated rings. The lowest BCUT2D eigenvalue weighted by atomic mass is 10.1. The van der Waals surface area contributed by atoms with Crippen molar-refractivity contribution in [3.8, 4) is 0 Å². The number of hydrogen-bond acceptors (Lipinski definition) is 4. The maximum Gasteiger partial charge on any atom is 0.242 e. The summed E-state index contributed by atoms with van der Waals surface area (Å²) in [5.74, 6) is 0.609. The van der Waals surface area contributed by atoms with E-state index in [0.29, 0.717) is 15.9 Å². The van der Waals surface area contributed by atoms with Crippen LogP contribution in [-0.2, 0) is 10.0 Å². The molecule has 2 aromatic rings. The van der Waals surface area contributed by atoms with Gasteiger partial charge in [0.25, 0.3) is 0 Å². The smallest absolute Gasteiger partial charge is 0.242 e. The van der Waals surface area contributed by atoms with E-state index in [1.807, 2.05) is 0 Å². The zero-order valence-electron chi connectivity index (χ0n) is 11.6. The number of sulfonamides is 1. The number of nitrogens with one attached hydrogen (secondary N) is 1. The first-order valence-electron chi connectivity index (χ1n) is 6.12. The second-order valence-electron chi connectivity index (χ2n) is 4.66. The van der Waals surface area contributed by atoms with E-state index in [1.54, 1.807) is 32.9 Å². The summed E-state index contributed by atoms with van der Waals surface area (Å²) in [6, 6.07) is 4.47. The molecule has 0 saturated carbocycles. The van der Waals surface area contributed by atoms with Crippen molar-refractivity contribution in [3.05, 3.63) is 44.2 Å². The SMILES string of the molecule is Cc1noc(C)c1C(C)NS(=O)(=O)c1ccc(Br)cc1Br. The van der Waals surface area contributed by atoms with Crippen molar-refractivity contribution in [2.24, 2.45) is 0 Å². The van der Waals surface area contributed by atoms with Gasteiger partial charge in [-0.1, -0.05) is 21.1 Å². The largest absolute Gasteiger partial charge is 0.361 e. The molecule has 5 nitrogen and oxygen atoms in total. The molecule has 0 saturated heterocycles. The summed E-state index contributed by atoms with van der Waals surface area (Å²) in [6.45, 7) is 5.30. The van der Waals surface area contributed by atoms with Crippen LogP contribution in [0.25, 0.3) is 0 Å². The first kappa shape index (κ1) is 16.7. The van der Waals surface area contributed by atoms with E-state index in [0.717, 1.165) is 10.0 Å². The summed E-state index contributed by atoms with van der Waals surface area (Å²) >= 11 is 6.57. The van der Waals surface area contributed by atoms with Gasteiger partial charge in [-0.3, -0.25) is 0 Å². The quantitative estimate of drug-likeness (QED) is 0.788. The Kier molecular flexibility index (Phi) is 4.92. The molecule has 1 N–H and O–H groups in total. The second-order valence-corrected chi connectivity index (χ2v) is 8.11. The molecule has 114 valence electrons. The Balaban J connectivity index is 2.33. The van der Waals surface area contributed by atoms with Crippen LogP contribution in [0.2, 0.25) is 0 Å². The zero-order valence-corrected chi connectivity index (χ0v) is 15.6. The van der Waals surface area contributed by atoms with Gasteiger partial charge in [0.15, 0.2) is 0 Å². The van der Waals surface area contributed by atoms with Crippen LogP contribution in [-0.4, -0.2) is 13.6 Å². The van der Waals surface area contributed by atoms with Gasteiger partial charge in [-0.2, -0.15) is 0 Å². The summed E-state index contributed by atoms with van der Waals surface area (Å²) in [7, 11) is -3.65. The standard InChI is InChI=1S/C13H14Br2N2O3S/c1-7-13(9(3)20-16-7)8(2)17-21(18,19)12-5-4-10(14)6-11(12)15/h4-6,8,17H,1-3H3. The zero-order chi connectivity index (χ0) is 15.8. The first-order valence-corrected chi connectivity index (χ1v) is 9.19. The fraction of sp³-hybridized carbons (Fsp3) is 0.308. The predicted octanol–water partition coefficient (Wildman–Crippen LogP) is 3.86. The molecule has 1 atom stereocenters. The van der Waals surface area contributed by atoms with Crippen molar-refractivity contribution in [1.29, 1.82) is 0 Å². The minimum absolute atomic E-state index is 0.185. The normalized spacial score (nSPS) is 13.4. The van der Waals surface area contributed by atoms with Crippen molar-refractivity contribution >= 4 is 41.9 Å². The highest BCUT2D eigenvalue weighted by atomic mass is 79.9. The Morgan fingerprint density at radius 3 is 2.48 bits per heavy atom. The van der Waals surface area contributed by atoms with Gasteiger partial charge >= 0.3 is 0 Å². The molecular formula is C13H14Br2N2O3S. The predicted molar refractivity (Wildman–Crippen MR) is 86.6 cm³/mol. The van der Waals surface area contributed by atoms with Gasteiger partial charge in [0.1, 0.15) is 5.76 Å². The van der Waals surface area contributed by atoms with Gasteiger partial charge in [0, 0.05) is 20.6 Å². The van der Waals surface area contributed by atoms with Gasteiger partial charge in [-0.05, 0) is 54.9 Å². The summed E-state index contributed by atoms with van der Waals surface area (Å²) in [5.41, 5.74) is 1.43. The van der Waals surface area contributed by atoms with Crippen molar-refractivity contribution in [1.82, 2.24) is 9.88 Å². The number of halogens is 2. The van der Waals surface area contributed by atoms with E-state index >= 15 is 0 Å². The highest BCUT2D eigenvalue weighted by molar-refractivity contribution is 9.11. The molecular weight excluding hydrogens is 424 g/mol. The summed E-state index contributed by atoms with van der Waals surface area (Å²) in [5, 5.41) is 3.84. The van der Waals surface area contributed by atoms with E-state index in [1.165, 1.54) is 6.07 Å². The summed E-state index contributed by atoms with van der Waals surface area (Å²) < 4.78 is 34.0. The fourth-order valence-corrected chi connectivity index (χ4v) is 5.12. The van der Waals surface area contributed by atoms with Gasteiger partial charge in [0.2, 0.25) is 10.0 Å². The molecule has 0 amide bonds. The second kappa shape index (κ2) is 6.20. The van der Waals surface area contributed by atoms with Crippen LogP contribution in [0.15, 0.2) is 36.6 Å². The van der Waals surface area contributed by atoms with E-state index < -0.39 is 16.1 Å². The monoisotopic (exact) mass is 436 g/mol. The lowest BCUT2D eigenvalue weighted by Crippen LogP contribution is -2.27. The average Bonchev–Trinajstić information content (AvgIpc) is 2.67. The van der Waals surface area contributed by atoms with E-state index in [2.05, 4.69) is 41.7 Å². The van der Waals surface area contributed by atoms with Crippen LogP contribution in [0.5, 0.6) is 0 Å².